The smallest absolute Gasteiger partial charge is 0.292 e. The predicted molar refractivity (Wildman–Crippen MR) is 79.9 cm³/mol. The lowest BCUT2D eigenvalue weighted by Gasteiger charge is -2.37. The molecule has 1 fully saturated rings. The van der Waals surface area contributed by atoms with Gasteiger partial charge in [-0.15, -0.1) is 0 Å². The maximum absolute atomic E-state index is 12.5. The molecule has 2 N–H and O–H groups in total. The molecule has 0 saturated carbocycles. The van der Waals surface area contributed by atoms with Crippen molar-refractivity contribution in [1.82, 2.24) is 4.90 Å². The van der Waals surface area contributed by atoms with E-state index in [1.54, 1.807) is 11.0 Å². The molecule has 1 saturated heterocycles. The Hall–Kier alpha value is -1.76. The van der Waals surface area contributed by atoms with Crippen molar-refractivity contribution in [3.63, 3.8) is 0 Å². The van der Waals surface area contributed by atoms with Crippen LogP contribution in [0.4, 0.5) is 11.4 Å². The van der Waals surface area contributed by atoms with E-state index < -0.39 is 4.92 Å². The number of benzene rings is 1. The van der Waals surface area contributed by atoms with Crippen molar-refractivity contribution in [3.05, 3.63) is 33.9 Å². The second-order valence-electron chi connectivity index (χ2n) is 4.85. The number of nitrogens with zero attached hydrogens (tertiary/aromatic N) is 2. The number of hydrogen-bond acceptors (Lipinski definition) is 5. The highest BCUT2D eigenvalue weighted by atomic mass is 32.2. The first kappa shape index (κ1) is 14.6. The lowest BCUT2D eigenvalue weighted by Crippen LogP contribution is -2.47. The van der Waals surface area contributed by atoms with Crippen molar-refractivity contribution in [2.75, 3.05) is 18.0 Å². The topological polar surface area (TPSA) is 89.5 Å². The van der Waals surface area contributed by atoms with E-state index in [2.05, 4.69) is 6.92 Å². The number of nitro groups is 1. The number of nitro benzene ring substituents is 1. The Morgan fingerprint density at radius 3 is 2.85 bits per heavy atom. The van der Waals surface area contributed by atoms with Crippen LogP contribution in [0.15, 0.2) is 18.2 Å². The monoisotopic (exact) mass is 295 g/mol. The van der Waals surface area contributed by atoms with E-state index in [1.165, 1.54) is 12.1 Å². The summed E-state index contributed by atoms with van der Waals surface area (Å²) in [4.78, 5) is 24.6. The van der Waals surface area contributed by atoms with Gasteiger partial charge in [0.2, 0.25) is 0 Å². The fourth-order valence-electron chi connectivity index (χ4n) is 2.22. The molecule has 1 heterocycles. The number of hydrogen-bond donors (Lipinski definition) is 1. The average Bonchev–Trinajstić information content (AvgIpc) is 2.41. The van der Waals surface area contributed by atoms with Crippen molar-refractivity contribution < 1.29 is 9.72 Å². The van der Waals surface area contributed by atoms with Crippen molar-refractivity contribution in [2.45, 2.75) is 25.1 Å². The molecule has 0 spiro atoms. The van der Waals surface area contributed by atoms with Crippen LogP contribution in [0, 0.1) is 10.1 Å². The van der Waals surface area contributed by atoms with Gasteiger partial charge in [0.25, 0.3) is 11.6 Å². The minimum atomic E-state index is -0.565. The van der Waals surface area contributed by atoms with E-state index in [0.29, 0.717) is 17.4 Å². The minimum Gasteiger partial charge on any atom is -0.393 e. The first-order valence-electron chi connectivity index (χ1n) is 6.38. The Balaban J connectivity index is 2.29. The van der Waals surface area contributed by atoms with Gasteiger partial charge in [-0.25, -0.2) is 0 Å². The molecule has 0 bridgehead atoms. The summed E-state index contributed by atoms with van der Waals surface area (Å²) in [5.41, 5.74) is 5.72. The summed E-state index contributed by atoms with van der Waals surface area (Å²) in [6.45, 7) is 4.74. The summed E-state index contributed by atoms with van der Waals surface area (Å²) in [6.07, 6.45) is 0. The van der Waals surface area contributed by atoms with Gasteiger partial charge in [-0.2, -0.15) is 11.8 Å². The zero-order valence-corrected chi connectivity index (χ0v) is 12.2. The Morgan fingerprint density at radius 2 is 2.20 bits per heavy atom. The molecule has 108 valence electrons. The molecule has 2 atom stereocenters. The molecule has 1 aliphatic rings. The fourth-order valence-corrected chi connectivity index (χ4v) is 3.32. The number of nitrogens with two attached hydrogens (primary N) is 1. The normalized spacial score (nSPS) is 22.6. The highest BCUT2D eigenvalue weighted by Gasteiger charge is 2.30. The quantitative estimate of drug-likeness (QED) is 0.513. The number of thioether (sulfide) groups is 1. The van der Waals surface area contributed by atoms with Crippen LogP contribution in [0.1, 0.15) is 24.2 Å². The molecule has 1 aromatic rings. The van der Waals surface area contributed by atoms with E-state index in [0.717, 1.165) is 5.75 Å². The predicted octanol–water partition coefficient (Wildman–Crippen LogP) is 2.14. The van der Waals surface area contributed by atoms with Gasteiger partial charge in [-0.3, -0.25) is 14.9 Å². The van der Waals surface area contributed by atoms with Gasteiger partial charge >= 0.3 is 0 Å². The number of carbonyl (C=O) groups excluding carboxylic acids is 1. The third-order valence-corrected chi connectivity index (χ3v) is 4.96. The first-order valence-corrected chi connectivity index (χ1v) is 7.43. The van der Waals surface area contributed by atoms with Crippen LogP contribution < -0.4 is 5.73 Å². The second-order valence-corrected chi connectivity index (χ2v) is 6.33. The van der Waals surface area contributed by atoms with Crippen LogP contribution in [-0.2, 0) is 0 Å². The van der Waals surface area contributed by atoms with Gasteiger partial charge in [0.1, 0.15) is 5.69 Å². The van der Waals surface area contributed by atoms with Crippen LogP contribution >= 0.6 is 11.8 Å². The van der Waals surface area contributed by atoms with Gasteiger partial charge in [0.15, 0.2) is 0 Å². The first-order chi connectivity index (χ1) is 9.41. The Morgan fingerprint density at radius 1 is 1.50 bits per heavy atom. The van der Waals surface area contributed by atoms with E-state index in [4.69, 9.17) is 5.73 Å². The molecule has 20 heavy (non-hydrogen) atoms. The Bertz CT molecular complexity index is 550. The molecular weight excluding hydrogens is 278 g/mol. The molecule has 1 aromatic carbocycles. The summed E-state index contributed by atoms with van der Waals surface area (Å²) in [7, 11) is 0. The van der Waals surface area contributed by atoms with E-state index >= 15 is 0 Å². The lowest BCUT2D eigenvalue weighted by molar-refractivity contribution is -0.383. The van der Waals surface area contributed by atoms with Crippen LogP contribution in [0.25, 0.3) is 0 Å². The number of amides is 1. The lowest BCUT2D eigenvalue weighted by atomic mass is 10.1. The van der Waals surface area contributed by atoms with E-state index in [1.807, 2.05) is 18.7 Å². The van der Waals surface area contributed by atoms with Gasteiger partial charge in [-0.05, 0) is 19.1 Å². The van der Waals surface area contributed by atoms with Crippen molar-refractivity contribution in [2.24, 2.45) is 0 Å². The Labute approximate surface area is 121 Å². The van der Waals surface area contributed by atoms with Crippen molar-refractivity contribution in [1.29, 1.82) is 0 Å². The molecule has 2 unspecified atom stereocenters. The van der Waals surface area contributed by atoms with Gasteiger partial charge in [0.05, 0.1) is 4.92 Å². The number of anilines is 1. The number of rotatable bonds is 2. The summed E-state index contributed by atoms with van der Waals surface area (Å²) in [6, 6.07) is 4.33. The maximum Gasteiger partial charge on any atom is 0.292 e. The fraction of sp³-hybridized carbons (Fsp3) is 0.462. The molecular formula is C13H17N3O3S. The molecule has 1 aliphatic heterocycles. The molecule has 0 aromatic heterocycles. The molecule has 2 rings (SSSR count). The molecule has 0 radical (unpaired) electrons. The van der Waals surface area contributed by atoms with Gasteiger partial charge in [-0.1, -0.05) is 6.92 Å². The minimum absolute atomic E-state index is 0.0715. The third-order valence-electron chi connectivity index (χ3n) is 3.62. The van der Waals surface area contributed by atoms with Gasteiger partial charge < -0.3 is 10.6 Å². The second kappa shape index (κ2) is 5.70. The molecule has 7 heteroatoms. The van der Waals surface area contributed by atoms with Gasteiger partial charge in [0, 0.05) is 35.2 Å². The molecule has 0 aliphatic carbocycles. The molecule has 1 amide bonds. The standard InChI is InChI=1S/C13H17N3O3S/c1-8-9(2)20-6-5-15(8)13(17)10-3-4-11(14)12(7-10)16(18)19/h3-4,7-9H,5-6,14H2,1-2H3. The molecule has 6 nitrogen and oxygen atoms in total. The van der Waals surface area contributed by atoms with Crippen molar-refractivity contribution >= 4 is 29.0 Å². The van der Waals surface area contributed by atoms with Crippen LogP contribution in [-0.4, -0.2) is 39.3 Å². The highest BCUT2D eigenvalue weighted by molar-refractivity contribution is 8.00. The largest absolute Gasteiger partial charge is 0.393 e. The number of nitrogen functional groups attached to an aromatic ring is 1. The zero-order valence-electron chi connectivity index (χ0n) is 11.4. The SMILES string of the molecule is CC1SCCN(C(=O)c2ccc(N)c([N+](=O)[O-])c2)C1C. The highest BCUT2D eigenvalue weighted by Crippen LogP contribution is 2.28. The summed E-state index contributed by atoms with van der Waals surface area (Å²) in [5, 5.41) is 11.2. The number of carbonyl (C=O) groups is 1. The summed E-state index contributed by atoms with van der Waals surface area (Å²) >= 11 is 1.83. The van der Waals surface area contributed by atoms with Crippen molar-refractivity contribution in [3.8, 4) is 0 Å². The third kappa shape index (κ3) is 2.72. The van der Waals surface area contributed by atoms with E-state index in [9.17, 15) is 14.9 Å². The summed E-state index contributed by atoms with van der Waals surface area (Å²) < 4.78 is 0. The van der Waals surface area contributed by atoms with Crippen LogP contribution in [0.3, 0.4) is 0 Å². The van der Waals surface area contributed by atoms with E-state index in [-0.39, 0.29) is 23.3 Å². The van der Waals surface area contributed by atoms with Crippen LogP contribution in [0.5, 0.6) is 0 Å². The van der Waals surface area contributed by atoms with Crippen LogP contribution in [0.2, 0.25) is 0 Å². The Kier molecular flexibility index (Phi) is 4.17. The maximum atomic E-state index is 12.5. The summed E-state index contributed by atoms with van der Waals surface area (Å²) in [5.74, 6) is 0.710. The average molecular weight is 295 g/mol. The zero-order chi connectivity index (χ0) is 14.9.